The van der Waals surface area contributed by atoms with E-state index in [4.69, 9.17) is 9.47 Å². The third kappa shape index (κ3) is 4.30. The lowest BCUT2D eigenvalue weighted by atomic mass is 10.2. The predicted octanol–water partition coefficient (Wildman–Crippen LogP) is 3.17. The largest absolute Gasteiger partial charge is 0.493 e. The van der Waals surface area contributed by atoms with Gasteiger partial charge in [0.1, 0.15) is 0 Å². The Morgan fingerprint density at radius 1 is 1.20 bits per heavy atom. The molecule has 12 heteroatoms. The van der Waals surface area contributed by atoms with Crippen LogP contribution in [0.1, 0.15) is 16.1 Å². The lowest BCUT2D eigenvalue weighted by Gasteiger charge is -2.08. The average Bonchev–Trinajstić information content (AvgIpc) is 3.41. The number of thiazole rings is 1. The Bertz CT molecular complexity index is 1270. The molecule has 1 amide bonds. The van der Waals surface area contributed by atoms with Gasteiger partial charge in [-0.25, -0.2) is 4.98 Å². The van der Waals surface area contributed by atoms with Crippen LogP contribution < -0.4 is 20.3 Å². The Labute approximate surface area is 182 Å². The van der Waals surface area contributed by atoms with Crippen LogP contribution in [0.3, 0.4) is 0 Å². The molecule has 0 aliphatic carbocycles. The third-order valence-electron chi connectivity index (χ3n) is 3.97. The van der Waals surface area contributed by atoms with Crippen molar-refractivity contribution >= 4 is 50.4 Å². The molecule has 4 aromatic rings. The topological polar surface area (TPSA) is 108 Å². The molecule has 1 aromatic carbocycles. The van der Waals surface area contributed by atoms with Crippen LogP contribution in [-0.2, 0) is 5.75 Å². The Balaban J connectivity index is 1.41. The Kier molecular flexibility index (Phi) is 5.97. The number of carbonyl (C=O) groups is 1. The van der Waals surface area contributed by atoms with Gasteiger partial charge < -0.3 is 9.47 Å². The number of fused-ring (bicyclic) bond motifs is 1. The fourth-order valence-electron chi connectivity index (χ4n) is 2.56. The highest BCUT2D eigenvalue weighted by Gasteiger charge is 2.14. The maximum absolute atomic E-state index is 12.5. The zero-order chi connectivity index (χ0) is 21.1. The zero-order valence-electron chi connectivity index (χ0n) is 15.8. The highest BCUT2D eigenvalue weighted by Crippen LogP contribution is 2.30. The van der Waals surface area contributed by atoms with Crippen LogP contribution in [0.2, 0.25) is 0 Å². The van der Waals surface area contributed by atoms with Crippen LogP contribution in [0.5, 0.6) is 11.5 Å². The predicted molar refractivity (Wildman–Crippen MR) is 116 cm³/mol. The molecule has 0 fully saturated rings. The van der Waals surface area contributed by atoms with Gasteiger partial charge in [0.05, 0.1) is 19.9 Å². The minimum absolute atomic E-state index is 0.114. The molecule has 0 bridgehead atoms. The van der Waals surface area contributed by atoms with Gasteiger partial charge in [-0.3, -0.25) is 19.3 Å². The summed E-state index contributed by atoms with van der Waals surface area (Å²) in [5.41, 5.74) is 0.960. The van der Waals surface area contributed by atoms with E-state index in [1.165, 1.54) is 59.1 Å². The molecule has 1 N–H and O–H groups in total. The summed E-state index contributed by atoms with van der Waals surface area (Å²) in [6.45, 7) is 0. The van der Waals surface area contributed by atoms with Gasteiger partial charge in [-0.2, -0.15) is 0 Å². The highest BCUT2D eigenvalue weighted by atomic mass is 32.2. The summed E-state index contributed by atoms with van der Waals surface area (Å²) in [7, 11) is 3.04. The first-order valence-corrected chi connectivity index (χ1v) is 11.2. The Morgan fingerprint density at radius 3 is 2.83 bits per heavy atom. The normalized spacial score (nSPS) is 10.9. The molecule has 3 aromatic heterocycles. The SMILES string of the molecule is COc1ccc(C(=O)Nc2nnc(SCc3cc(=O)n4ccsc4n3)s2)cc1OC. The number of aromatic nitrogens is 4. The van der Waals surface area contributed by atoms with Crippen molar-refractivity contribution < 1.29 is 14.3 Å². The van der Waals surface area contributed by atoms with Crippen molar-refractivity contribution in [2.24, 2.45) is 0 Å². The summed E-state index contributed by atoms with van der Waals surface area (Å²) in [6.07, 6.45) is 1.70. The van der Waals surface area contributed by atoms with E-state index in [1.807, 2.05) is 5.38 Å². The second-order valence-electron chi connectivity index (χ2n) is 5.83. The Morgan fingerprint density at radius 2 is 2.03 bits per heavy atom. The fourth-order valence-corrected chi connectivity index (χ4v) is 4.94. The van der Waals surface area contributed by atoms with E-state index in [0.29, 0.717) is 42.9 Å². The van der Waals surface area contributed by atoms with Gasteiger partial charge in [0, 0.05) is 29.0 Å². The number of nitrogens with one attached hydrogen (secondary N) is 1. The van der Waals surface area contributed by atoms with E-state index >= 15 is 0 Å². The molecule has 0 radical (unpaired) electrons. The first kappa shape index (κ1) is 20.3. The molecule has 0 unspecified atom stereocenters. The van der Waals surface area contributed by atoms with Crippen LogP contribution >= 0.6 is 34.4 Å². The molecule has 0 atom stereocenters. The van der Waals surface area contributed by atoms with Crippen molar-refractivity contribution in [3.63, 3.8) is 0 Å². The van der Waals surface area contributed by atoms with E-state index in [2.05, 4.69) is 20.5 Å². The second kappa shape index (κ2) is 8.81. The van der Waals surface area contributed by atoms with E-state index < -0.39 is 0 Å². The molecule has 0 saturated heterocycles. The summed E-state index contributed by atoms with van der Waals surface area (Å²) in [6, 6.07) is 6.40. The number of benzene rings is 1. The van der Waals surface area contributed by atoms with Crippen LogP contribution in [0, 0.1) is 0 Å². The van der Waals surface area contributed by atoms with Gasteiger partial charge in [0.2, 0.25) is 5.13 Å². The smallest absolute Gasteiger partial charge is 0.258 e. The molecule has 4 rings (SSSR count). The minimum atomic E-state index is -0.332. The average molecular weight is 462 g/mol. The van der Waals surface area contributed by atoms with E-state index in [1.54, 1.807) is 24.4 Å². The molecule has 9 nitrogen and oxygen atoms in total. The van der Waals surface area contributed by atoms with Crippen molar-refractivity contribution in [2.45, 2.75) is 10.1 Å². The van der Waals surface area contributed by atoms with E-state index in [0.717, 1.165) is 0 Å². The molecule has 0 aliphatic rings. The van der Waals surface area contributed by atoms with Crippen LogP contribution in [0.4, 0.5) is 5.13 Å². The van der Waals surface area contributed by atoms with Crippen molar-refractivity contribution in [3.8, 4) is 11.5 Å². The standard InChI is InChI=1S/C18H15N5O4S3/c1-26-12-4-3-10(7-13(12)27-2)15(25)20-16-21-22-18(30-16)29-9-11-8-14(24)23-5-6-28-17(23)19-11/h3-8H,9H2,1-2H3,(H,20,21,25). The number of hydrogen-bond acceptors (Lipinski definition) is 10. The van der Waals surface area contributed by atoms with Crippen molar-refractivity contribution in [1.82, 2.24) is 19.6 Å². The van der Waals surface area contributed by atoms with Gasteiger partial charge in [-0.1, -0.05) is 23.1 Å². The van der Waals surface area contributed by atoms with E-state index in [9.17, 15) is 9.59 Å². The zero-order valence-corrected chi connectivity index (χ0v) is 18.3. The minimum Gasteiger partial charge on any atom is -0.493 e. The number of carbonyl (C=O) groups excluding carboxylic acids is 1. The van der Waals surface area contributed by atoms with Crippen molar-refractivity contribution in [2.75, 3.05) is 19.5 Å². The molecule has 30 heavy (non-hydrogen) atoms. The van der Waals surface area contributed by atoms with E-state index in [-0.39, 0.29) is 11.5 Å². The maximum Gasteiger partial charge on any atom is 0.258 e. The molecule has 0 saturated carbocycles. The van der Waals surface area contributed by atoms with Gasteiger partial charge in [-0.15, -0.1) is 21.5 Å². The maximum atomic E-state index is 12.5. The monoisotopic (exact) mass is 461 g/mol. The number of thioether (sulfide) groups is 1. The van der Waals surface area contributed by atoms with Gasteiger partial charge >= 0.3 is 0 Å². The molecular weight excluding hydrogens is 446 g/mol. The quantitative estimate of drug-likeness (QED) is 0.330. The lowest BCUT2D eigenvalue weighted by molar-refractivity contribution is 0.102. The summed E-state index contributed by atoms with van der Waals surface area (Å²) >= 11 is 4.05. The van der Waals surface area contributed by atoms with Crippen LogP contribution in [0.25, 0.3) is 4.96 Å². The second-order valence-corrected chi connectivity index (χ2v) is 8.90. The Hall–Kier alpha value is -2.96. The third-order valence-corrected chi connectivity index (χ3v) is 6.73. The molecular formula is C18H15N5O4S3. The lowest BCUT2D eigenvalue weighted by Crippen LogP contribution is -2.12. The number of hydrogen-bond donors (Lipinski definition) is 1. The molecule has 3 heterocycles. The highest BCUT2D eigenvalue weighted by molar-refractivity contribution is 8.00. The fraction of sp³-hybridized carbons (Fsp3) is 0.167. The van der Waals surface area contributed by atoms with Gasteiger partial charge in [-0.05, 0) is 18.2 Å². The number of ether oxygens (including phenoxy) is 2. The van der Waals surface area contributed by atoms with Gasteiger partial charge in [0.15, 0.2) is 20.8 Å². The molecule has 0 aliphatic heterocycles. The summed E-state index contributed by atoms with van der Waals surface area (Å²) in [5, 5.41) is 13.0. The van der Waals surface area contributed by atoms with Crippen LogP contribution in [0.15, 0.2) is 45.0 Å². The number of anilines is 1. The van der Waals surface area contributed by atoms with Crippen LogP contribution in [-0.4, -0.2) is 39.7 Å². The van der Waals surface area contributed by atoms with Crippen molar-refractivity contribution in [1.29, 1.82) is 0 Å². The number of methoxy groups -OCH3 is 2. The number of amides is 1. The first-order chi connectivity index (χ1) is 14.6. The first-order valence-electron chi connectivity index (χ1n) is 8.53. The summed E-state index contributed by atoms with van der Waals surface area (Å²) in [4.78, 5) is 29.6. The number of rotatable bonds is 7. The van der Waals surface area contributed by atoms with Gasteiger partial charge in [0.25, 0.3) is 11.5 Å². The molecule has 154 valence electrons. The number of nitrogens with zero attached hydrogens (tertiary/aromatic N) is 4. The molecule has 0 spiro atoms. The summed E-state index contributed by atoms with van der Waals surface area (Å²) in [5.74, 6) is 1.14. The van der Waals surface area contributed by atoms with Crippen molar-refractivity contribution in [3.05, 3.63) is 57.5 Å². The summed E-state index contributed by atoms with van der Waals surface area (Å²) < 4.78 is 12.6.